The van der Waals surface area contributed by atoms with Gasteiger partial charge in [-0.25, -0.2) is 12.7 Å². The first-order chi connectivity index (χ1) is 28.8. The Morgan fingerprint density at radius 2 is 1.10 bits per heavy atom. The summed E-state index contributed by atoms with van der Waals surface area (Å²) in [4.78, 5) is 26.6. The molecule has 0 aromatic heterocycles. The molecule has 2 unspecified atom stereocenters. The molecule has 0 spiro atoms. The van der Waals surface area contributed by atoms with E-state index in [2.05, 4.69) is 4.52 Å². The van der Waals surface area contributed by atoms with Gasteiger partial charge in [-0.3, -0.25) is 9.36 Å². The maximum atomic E-state index is 14.9. The van der Waals surface area contributed by atoms with Crippen molar-refractivity contribution >= 4 is 34.8 Å². The summed E-state index contributed by atoms with van der Waals surface area (Å²) in [5.41, 5.74) is 1.30. The van der Waals surface area contributed by atoms with Gasteiger partial charge in [-0.2, -0.15) is 8.78 Å². The van der Waals surface area contributed by atoms with Crippen LogP contribution >= 0.6 is 7.60 Å². The fraction of sp³-hybridized carbons (Fsp3) is 0.178. The molecule has 312 valence electrons. The predicted molar refractivity (Wildman–Crippen MR) is 222 cm³/mol. The molecule has 11 nitrogen and oxygen atoms in total. The van der Waals surface area contributed by atoms with Gasteiger partial charge in [0.05, 0.1) is 50.1 Å². The first-order valence-corrected chi connectivity index (χ1v) is 21.4. The van der Waals surface area contributed by atoms with Crippen LogP contribution in [-0.4, -0.2) is 48.8 Å². The Morgan fingerprint density at radius 3 is 1.55 bits per heavy atom. The smallest absolute Gasteiger partial charge is 0.310 e. The van der Waals surface area contributed by atoms with Crippen LogP contribution in [0, 0.1) is 0 Å². The molecule has 0 aliphatic heterocycles. The number of benzene rings is 6. The van der Waals surface area contributed by atoms with E-state index in [4.69, 9.17) is 18.9 Å². The van der Waals surface area contributed by atoms with Crippen molar-refractivity contribution in [1.82, 2.24) is 0 Å². The van der Waals surface area contributed by atoms with Crippen molar-refractivity contribution in [1.29, 1.82) is 0 Å². The fourth-order valence-corrected chi connectivity index (χ4v) is 8.92. The molecule has 6 aromatic rings. The van der Waals surface area contributed by atoms with E-state index in [1.54, 1.807) is 91.0 Å². The minimum Gasteiger partial charge on any atom is -0.765 e. The summed E-state index contributed by atoms with van der Waals surface area (Å²) in [7, 11) is -4.11. The average Bonchev–Trinajstić information content (AvgIpc) is 3.27. The van der Waals surface area contributed by atoms with Gasteiger partial charge in [0, 0.05) is 17.7 Å². The van der Waals surface area contributed by atoms with Gasteiger partial charge in [0.2, 0.25) is 7.60 Å². The summed E-state index contributed by atoms with van der Waals surface area (Å²) in [6.45, 7) is 0. The summed E-state index contributed by atoms with van der Waals surface area (Å²) < 4.78 is 95.4. The van der Waals surface area contributed by atoms with Crippen LogP contribution in [0.4, 0.5) is 20.2 Å². The Labute approximate surface area is 347 Å². The highest BCUT2D eigenvalue weighted by Crippen LogP contribution is 2.47. The Kier molecular flexibility index (Phi) is 13.3. The number of nitrogens with zero attached hydrogens (tertiary/aromatic N) is 1. The van der Waals surface area contributed by atoms with Crippen molar-refractivity contribution in [2.24, 2.45) is 0 Å². The summed E-state index contributed by atoms with van der Waals surface area (Å²) >= 11 is 0. The molecular weight excluding hydrogens is 816 g/mol. The number of carbonyl (C=O) groups excluding carboxylic acids is 1. The topological polar surface area (TPSA) is 141 Å². The highest BCUT2D eigenvalue weighted by molar-refractivity contribution is 7.93. The molecule has 0 aliphatic rings. The van der Waals surface area contributed by atoms with Gasteiger partial charge in [0.1, 0.15) is 28.7 Å². The van der Waals surface area contributed by atoms with Crippen LogP contribution in [0.15, 0.2) is 150 Å². The molecule has 0 radical (unpaired) electrons. The first-order valence-electron chi connectivity index (χ1n) is 18.4. The number of methoxy groups -OCH3 is 4. The second kappa shape index (κ2) is 18.4. The number of Topliss-reactive ketones (excluding diaryl/α,β-unsaturated/α-hetero) is 1. The van der Waals surface area contributed by atoms with Gasteiger partial charge in [-0.15, -0.1) is 0 Å². The zero-order valence-electron chi connectivity index (χ0n) is 33.0. The van der Waals surface area contributed by atoms with E-state index in [1.165, 1.54) is 64.8 Å². The van der Waals surface area contributed by atoms with E-state index in [1.807, 2.05) is 18.2 Å². The number of halogens is 2. The number of alkyl halides is 2. The third kappa shape index (κ3) is 9.16. The van der Waals surface area contributed by atoms with Crippen LogP contribution in [0.5, 0.6) is 28.7 Å². The molecule has 0 saturated carbocycles. The number of sulfonamides is 1. The summed E-state index contributed by atoms with van der Waals surface area (Å²) in [5.74, 6) is 0.746. The third-order valence-corrected chi connectivity index (χ3v) is 12.6. The molecule has 0 saturated heterocycles. The van der Waals surface area contributed by atoms with E-state index in [-0.39, 0.29) is 52.1 Å². The van der Waals surface area contributed by atoms with E-state index >= 15 is 0 Å². The van der Waals surface area contributed by atoms with Gasteiger partial charge in [0.15, 0.2) is 5.78 Å². The number of anilines is 2. The second-order valence-corrected chi connectivity index (χ2v) is 17.0. The minimum absolute atomic E-state index is 0.0806. The normalized spacial score (nSPS) is 13.4. The molecular formula is C45H41F2NO10PS-. The standard InChI is InChI=1S/C45H42F2NO10PS/c1-54-36-21-25-39(41(27-36)56-3)48(40-26-22-37(55-2)28-42(40)57-4)60(52,53)38-23-17-32(18-24-38)30-45(34-13-9-6-10-14-34,43(49)33-11-7-5-8-12-33)29-31-15-19-35(20-16-31)58-59(50,51)44(46)47/h5-28,44H,29-30H2,1-4H3,(H,50,51)/p-1. The summed E-state index contributed by atoms with van der Waals surface area (Å²) in [6.07, 6.45) is -3.53. The summed E-state index contributed by atoms with van der Waals surface area (Å²) in [5, 5.41) is 0. The van der Waals surface area contributed by atoms with E-state index in [9.17, 15) is 31.5 Å². The SMILES string of the molecule is COc1ccc(N(c2ccc(OC)cc2OC)S(=O)(=O)c2ccc(CC(Cc3ccc(OP(=O)([O-])C(F)F)cc3)(C(=O)c3ccccc3)c3ccccc3)cc2)c(OC)c1. The number of ether oxygens (including phenoxy) is 4. The van der Waals surface area contributed by atoms with Gasteiger partial charge in [-0.05, 0) is 78.1 Å². The van der Waals surface area contributed by atoms with Crippen LogP contribution in [-0.2, 0) is 32.8 Å². The number of rotatable bonds is 18. The first kappa shape index (κ1) is 43.4. The lowest BCUT2D eigenvalue weighted by Crippen LogP contribution is -2.40. The van der Waals surface area contributed by atoms with Crippen molar-refractivity contribution in [2.75, 3.05) is 32.7 Å². The lowest BCUT2D eigenvalue weighted by Gasteiger charge is -2.34. The van der Waals surface area contributed by atoms with Crippen LogP contribution in [0.25, 0.3) is 0 Å². The number of hydrogen-bond donors (Lipinski definition) is 0. The van der Waals surface area contributed by atoms with Gasteiger partial charge in [-0.1, -0.05) is 84.9 Å². The molecule has 0 heterocycles. The molecule has 0 bridgehead atoms. The monoisotopic (exact) mass is 856 g/mol. The van der Waals surface area contributed by atoms with Crippen LogP contribution < -0.4 is 32.7 Å². The Bertz CT molecular complexity index is 2520. The van der Waals surface area contributed by atoms with Crippen molar-refractivity contribution in [2.45, 2.75) is 29.3 Å². The van der Waals surface area contributed by atoms with Crippen LogP contribution in [0.1, 0.15) is 27.0 Å². The lowest BCUT2D eigenvalue weighted by molar-refractivity contribution is -0.202. The Morgan fingerprint density at radius 1 is 0.650 bits per heavy atom. The summed E-state index contributed by atoms with van der Waals surface area (Å²) in [6, 6.07) is 39.0. The lowest BCUT2D eigenvalue weighted by atomic mass is 9.67. The van der Waals surface area contributed by atoms with Gasteiger partial charge >= 0.3 is 6.17 Å². The van der Waals surface area contributed by atoms with Crippen LogP contribution in [0.3, 0.4) is 0 Å². The maximum absolute atomic E-state index is 14.9. The zero-order chi connectivity index (χ0) is 43.1. The highest BCUT2D eigenvalue weighted by atomic mass is 32.2. The number of ketones is 1. The molecule has 6 aromatic carbocycles. The van der Waals surface area contributed by atoms with Crippen LogP contribution in [0.2, 0.25) is 0 Å². The largest absolute Gasteiger partial charge is 0.765 e. The Hall–Kier alpha value is -6.21. The maximum Gasteiger partial charge on any atom is 0.310 e. The third-order valence-electron chi connectivity index (χ3n) is 9.88. The van der Waals surface area contributed by atoms with Crippen molar-refractivity contribution < 1.29 is 54.9 Å². The predicted octanol–water partition coefficient (Wildman–Crippen LogP) is 9.01. The molecule has 2 atom stereocenters. The van der Waals surface area contributed by atoms with Gasteiger partial charge in [0.25, 0.3) is 10.0 Å². The van der Waals surface area contributed by atoms with Crippen molar-refractivity contribution in [3.8, 4) is 28.7 Å². The molecule has 60 heavy (non-hydrogen) atoms. The van der Waals surface area contributed by atoms with Gasteiger partial charge < -0.3 is 28.4 Å². The van der Waals surface area contributed by atoms with E-state index in [0.717, 1.165) is 4.31 Å². The highest BCUT2D eigenvalue weighted by Gasteiger charge is 2.41. The molecule has 0 aliphatic carbocycles. The second-order valence-electron chi connectivity index (χ2n) is 13.5. The van der Waals surface area contributed by atoms with Crippen molar-refractivity contribution in [3.63, 3.8) is 0 Å². The molecule has 0 N–H and O–H groups in total. The number of hydrogen-bond acceptors (Lipinski definition) is 10. The number of carbonyl (C=O) groups is 1. The van der Waals surface area contributed by atoms with Crippen molar-refractivity contribution in [3.05, 3.63) is 168 Å². The molecule has 0 amide bonds. The van der Waals surface area contributed by atoms with E-state index < -0.39 is 29.2 Å². The minimum atomic E-state index is -5.47. The zero-order valence-corrected chi connectivity index (χ0v) is 34.7. The fourth-order valence-electron chi connectivity index (χ4n) is 6.91. The molecule has 0 fully saturated rings. The van der Waals surface area contributed by atoms with E-state index in [0.29, 0.717) is 33.8 Å². The molecule has 15 heteroatoms. The molecule has 6 rings (SSSR count). The quantitative estimate of drug-likeness (QED) is 0.0608. The Balaban J connectivity index is 1.45. The average molecular weight is 857 g/mol.